The lowest BCUT2D eigenvalue weighted by Crippen LogP contribution is -2.53. The third-order valence-electron chi connectivity index (χ3n) is 7.86. The topological polar surface area (TPSA) is 64.6 Å². The van der Waals surface area contributed by atoms with Gasteiger partial charge in [0, 0.05) is 57.2 Å². The number of thiophene rings is 1. The van der Waals surface area contributed by atoms with Crippen LogP contribution in [0.5, 0.6) is 0 Å². The number of rotatable bonds is 6. The number of piperazine rings is 1. The van der Waals surface area contributed by atoms with Crippen molar-refractivity contribution in [2.24, 2.45) is 0 Å². The van der Waals surface area contributed by atoms with E-state index in [-0.39, 0.29) is 6.03 Å². The minimum Gasteiger partial charge on any atom is -0.365 e. The Hall–Kier alpha value is -3.23. The molecule has 0 radical (unpaired) electrons. The van der Waals surface area contributed by atoms with Crippen LogP contribution in [0.2, 0.25) is 0 Å². The summed E-state index contributed by atoms with van der Waals surface area (Å²) in [5, 5.41) is 3.50. The molecule has 2 amide bonds. The van der Waals surface area contributed by atoms with Crippen molar-refractivity contribution in [3.63, 3.8) is 0 Å². The third-order valence-corrected chi connectivity index (χ3v) is 9.07. The Kier molecular flexibility index (Phi) is 7.69. The summed E-state index contributed by atoms with van der Waals surface area (Å²) in [6.07, 6.45) is 11.9. The van der Waals surface area contributed by atoms with E-state index in [1.54, 1.807) is 17.7 Å². The molecule has 0 unspecified atom stereocenters. The van der Waals surface area contributed by atoms with Crippen molar-refractivity contribution < 1.29 is 4.79 Å². The Morgan fingerprint density at radius 3 is 2.45 bits per heavy atom. The van der Waals surface area contributed by atoms with Crippen molar-refractivity contribution in [2.75, 3.05) is 51.1 Å². The summed E-state index contributed by atoms with van der Waals surface area (Å²) in [4.78, 5) is 29.8. The number of nitrogens with zero attached hydrogens (tertiary/aromatic N) is 5. The molecule has 1 aliphatic carbocycles. The minimum atomic E-state index is 0.250. The maximum absolute atomic E-state index is 12.8. The molecule has 2 aliphatic heterocycles. The van der Waals surface area contributed by atoms with E-state index in [1.165, 1.54) is 28.0 Å². The second-order valence-corrected chi connectivity index (χ2v) is 11.5. The van der Waals surface area contributed by atoms with Crippen LogP contribution in [0.1, 0.15) is 42.5 Å². The first-order chi connectivity index (χ1) is 18.7. The highest BCUT2D eigenvalue weighted by molar-refractivity contribution is 7.20. The van der Waals surface area contributed by atoms with Gasteiger partial charge in [-0.2, -0.15) is 0 Å². The predicted octanol–water partition coefficient (Wildman–Crippen LogP) is 5.63. The SMILES string of the molecule is O=C(N1CCCCC1)N1CCN(CC2=CC=C(c3cc4ncnc(NCc5ccccc5)c4s3)CC2)CC1. The van der Waals surface area contributed by atoms with Crippen LogP contribution in [0, 0.1) is 0 Å². The molecule has 198 valence electrons. The Morgan fingerprint density at radius 1 is 0.895 bits per heavy atom. The van der Waals surface area contributed by atoms with Crippen LogP contribution in [0.4, 0.5) is 10.6 Å². The number of aromatic nitrogens is 2. The highest BCUT2D eigenvalue weighted by atomic mass is 32.1. The summed E-state index contributed by atoms with van der Waals surface area (Å²) in [6, 6.07) is 12.9. The fourth-order valence-corrected chi connectivity index (χ4v) is 6.74. The van der Waals surface area contributed by atoms with Gasteiger partial charge in [-0.3, -0.25) is 4.90 Å². The molecule has 1 aromatic carbocycles. The summed E-state index contributed by atoms with van der Waals surface area (Å²) in [5.41, 5.74) is 5.10. The van der Waals surface area contributed by atoms with E-state index in [1.807, 2.05) is 6.07 Å². The van der Waals surface area contributed by atoms with Gasteiger partial charge in [0.05, 0.1) is 10.2 Å². The van der Waals surface area contributed by atoms with Crippen LogP contribution >= 0.6 is 11.3 Å². The fourth-order valence-electron chi connectivity index (χ4n) is 5.61. The normalized spacial score (nSPS) is 18.8. The monoisotopic (exact) mass is 528 g/mol. The Labute approximate surface area is 228 Å². The van der Waals surface area contributed by atoms with Crippen LogP contribution in [-0.2, 0) is 6.54 Å². The van der Waals surface area contributed by atoms with Gasteiger partial charge in [0.2, 0.25) is 0 Å². The van der Waals surface area contributed by atoms with E-state index in [0.29, 0.717) is 0 Å². The lowest BCUT2D eigenvalue weighted by molar-refractivity contribution is 0.110. The molecule has 3 aliphatic rings. The molecule has 1 N–H and O–H groups in total. The molecular weight excluding hydrogens is 492 g/mol. The molecule has 2 fully saturated rings. The molecule has 0 atom stereocenters. The summed E-state index contributed by atoms with van der Waals surface area (Å²) in [7, 11) is 0. The number of carbonyl (C=O) groups is 1. The van der Waals surface area contributed by atoms with Crippen molar-refractivity contribution in [3.8, 4) is 0 Å². The average molecular weight is 529 g/mol. The molecule has 38 heavy (non-hydrogen) atoms. The molecule has 0 spiro atoms. The lowest BCUT2D eigenvalue weighted by Gasteiger charge is -2.39. The van der Waals surface area contributed by atoms with E-state index < -0.39 is 0 Å². The van der Waals surface area contributed by atoms with Gasteiger partial charge in [0.1, 0.15) is 12.1 Å². The van der Waals surface area contributed by atoms with Gasteiger partial charge >= 0.3 is 6.03 Å². The van der Waals surface area contributed by atoms with Gasteiger partial charge in [-0.1, -0.05) is 48.1 Å². The highest BCUT2D eigenvalue weighted by Crippen LogP contribution is 2.37. The zero-order chi connectivity index (χ0) is 25.7. The first kappa shape index (κ1) is 25.1. The van der Waals surface area contributed by atoms with Gasteiger partial charge in [-0.05, 0) is 49.3 Å². The maximum atomic E-state index is 12.8. The first-order valence-electron chi connectivity index (χ1n) is 13.9. The molecule has 2 aromatic heterocycles. The predicted molar refractivity (Wildman–Crippen MR) is 155 cm³/mol. The van der Waals surface area contributed by atoms with E-state index in [2.05, 4.69) is 72.5 Å². The van der Waals surface area contributed by atoms with E-state index in [9.17, 15) is 4.79 Å². The number of piperidine rings is 1. The van der Waals surface area contributed by atoms with Crippen LogP contribution in [0.15, 0.2) is 60.5 Å². The van der Waals surface area contributed by atoms with Gasteiger partial charge in [0.15, 0.2) is 0 Å². The number of fused-ring (bicyclic) bond motifs is 1. The number of urea groups is 1. The number of anilines is 1. The average Bonchev–Trinajstić information content (AvgIpc) is 3.43. The lowest BCUT2D eigenvalue weighted by atomic mass is 9.97. The molecule has 2 saturated heterocycles. The largest absolute Gasteiger partial charge is 0.365 e. The molecular formula is C30H36N6OS. The number of benzene rings is 1. The van der Waals surface area contributed by atoms with Crippen molar-refractivity contribution in [3.05, 3.63) is 70.9 Å². The molecule has 0 bridgehead atoms. The van der Waals surface area contributed by atoms with Crippen LogP contribution in [0.25, 0.3) is 15.8 Å². The maximum Gasteiger partial charge on any atom is 0.320 e. The molecule has 4 heterocycles. The molecule has 7 nitrogen and oxygen atoms in total. The Balaban J connectivity index is 1.05. The fraction of sp³-hybridized carbons (Fsp3) is 0.433. The minimum absolute atomic E-state index is 0.250. The van der Waals surface area contributed by atoms with Crippen LogP contribution < -0.4 is 5.32 Å². The van der Waals surface area contributed by atoms with Crippen LogP contribution in [-0.4, -0.2) is 76.5 Å². The molecule has 3 aromatic rings. The quantitative estimate of drug-likeness (QED) is 0.449. The van der Waals surface area contributed by atoms with Crippen molar-refractivity contribution in [2.45, 2.75) is 38.6 Å². The van der Waals surface area contributed by atoms with Gasteiger partial charge in [-0.15, -0.1) is 11.3 Å². The van der Waals surface area contributed by atoms with E-state index in [4.69, 9.17) is 0 Å². The number of nitrogens with one attached hydrogen (secondary N) is 1. The number of hydrogen-bond donors (Lipinski definition) is 1. The van der Waals surface area contributed by atoms with Gasteiger partial charge in [0.25, 0.3) is 0 Å². The summed E-state index contributed by atoms with van der Waals surface area (Å²) in [6.45, 7) is 7.20. The van der Waals surface area contributed by atoms with E-state index >= 15 is 0 Å². The molecule has 0 saturated carbocycles. The summed E-state index contributed by atoms with van der Waals surface area (Å²) in [5.74, 6) is 0.903. The second-order valence-electron chi connectivity index (χ2n) is 10.5. The third kappa shape index (κ3) is 5.76. The number of amides is 2. The smallest absolute Gasteiger partial charge is 0.320 e. The number of hydrogen-bond acceptors (Lipinski definition) is 6. The van der Waals surface area contributed by atoms with Crippen molar-refractivity contribution >= 4 is 39.0 Å². The second kappa shape index (κ2) is 11.7. The number of allylic oxidation sites excluding steroid dienone is 3. The standard InChI is InChI=1S/C30H36N6OS/c37-30(35-13-5-2-6-14-35)36-17-15-34(16-18-36)21-24-9-11-25(12-10-24)27-19-26-28(38-27)29(33-22-32-26)31-20-23-7-3-1-4-8-23/h1,3-4,7-9,11,19,22H,2,5-6,10,12-18,20-21H2,(H,31,32,33). The highest BCUT2D eigenvalue weighted by Gasteiger charge is 2.26. The Bertz CT molecular complexity index is 1320. The number of carbonyl (C=O) groups excluding carboxylic acids is 1. The molecule has 6 rings (SSSR count). The van der Waals surface area contributed by atoms with Crippen molar-refractivity contribution in [1.29, 1.82) is 0 Å². The zero-order valence-electron chi connectivity index (χ0n) is 21.9. The zero-order valence-corrected chi connectivity index (χ0v) is 22.8. The van der Waals surface area contributed by atoms with Gasteiger partial charge in [-0.25, -0.2) is 14.8 Å². The van der Waals surface area contributed by atoms with Gasteiger partial charge < -0.3 is 15.1 Å². The first-order valence-corrected chi connectivity index (χ1v) is 14.7. The number of likely N-dealkylation sites (tertiary alicyclic amines) is 1. The van der Waals surface area contributed by atoms with E-state index in [0.717, 1.165) is 94.1 Å². The van der Waals surface area contributed by atoms with Crippen LogP contribution in [0.3, 0.4) is 0 Å². The summed E-state index contributed by atoms with van der Waals surface area (Å²) >= 11 is 1.78. The molecule has 8 heteroatoms. The van der Waals surface area contributed by atoms with Crippen molar-refractivity contribution in [1.82, 2.24) is 24.7 Å². The summed E-state index contributed by atoms with van der Waals surface area (Å²) < 4.78 is 1.12. The Morgan fingerprint density at radius 2 is 1.68 bits per heavy atom.